The first kappa shape index (κ1) is 17.9. The molecule has 1 aliphatic heterocycles. The Morgan fingerprint density at radius 2 is 1.61 bits per heavy atom. The zero-order chi connectivity index (χ0) is 16.9. The summed E-state index contributed by atoms with van der Waals surface area (Å²) < 4.78 is 59.6. The fourth-order valence-electron chi connectivity index (χ4n) is 2.08. The van der Waals surface area contributed by atoms with Crippen LogP contribution in [-0.2, 0) is 34.1 Å². The van der Waals surface area contributed by atoms with E-state index in [-0.39, 0.29) is 41.7 Å². The van der Waals surface area contributed by atoms with E-state index in [1.807, 2.05) is 0 Å². The van der Waals surface area contributed by atoms with Gasteiger partial charge >= 0.3 is 0 Å². The summed E-state index contributed by atoms with van der Waals surface area (Å²) in [5, 5.41) is 0. The summed E-state index contributed by atoms with van der Waals surface area (Å²) in [6, 6.07) is 5.00. The summed E-state index contributed by atoms with van der Waals surface area (Å²) in [7, 11) is -7.29. The minimum atomic E-state index is -3.66. The highest BCUT2D eigenvalue weighted by Gasteiger charge is 2.26. The van der Waals surface area contributed by atoms with Gasteiger partial charge in [-0.3, -0.25) is 4.79 Å². The number of carbonyl (C=O) groups excluding carboxylic acids is 1. The smallest absolute Gasteiger partial charge is 0.293 e. The molecule has 1 fully saturated rings. The molecule has 23 heavy (non-hydrogen) atoms. The van der Waals surface area contributed by atoms with E-state index in [0.29, 0.717) is 13.2 Å². The zero-order valence-electron chi connectivity index (χ0n) is 12.3. The first-order chi connectivity index (χ1) is 10.9. The molecule has 0 atom stereocenters. The predicted molar refractivity (Wildman–Crippen MR) is 80.1 cm³/mol. The van der Waals surface area contributed by atoms with Crippen LogP contribution in [0.3, 0.4) is 0 Å². The molecule has 0 spiro atoms. The van der Waals surface area contributed by atoms with Crippen LogP contribution < -0.4 is 0 Å². The summed E-state index contributed by atoms with van der Waals surface area (Å²) >= 11 is 0. The van der Waals surface area contributed by atoms with Crippen LogP contribution in [0.1, 0.15) is 0 Å². The van der Waals surface area contributed by atoms with E-state index in [1.165, 1.54) is 28.6 Å². The Balaban J connectivity index is 2.17. The maximum Gasteiger partial charge on any atom is 0.293 e. The Morgan fingerprint density at radius 3 is 2.17 bits per heavy atom. The van der Waals surface area contributed by atoms with Crippen molar-refractivity contribution in [3.05, 3.63) is 24.3 Å². The highest BCUT2D eigenvalue weighted by atomic mass is 32.2. The molecule has 128 valence electrons. The lowest BCUT2D eigenvalue weighted by Crippen LogP contribution is -2.40. The van der Waals surface area contributed by atoms with E-state index in [1.54, 1.807) is 0 Å². The average molecular weight is 363 g/mol. The highest BCUT2D eigenvalue weighted by molar-refractivity contribution is 7.91. The molecule has 0 aliphatic carbocycles. The molecule has 1 aromatic carbocycles. The summed E-state index contributed by atoms with van der Waals surface area (Å²) in [4.78, 5) is 10.0. The second kappa shape index (κ2) is 7.39. The highest BCUT2D eigenvalue weighted by Crippen LogP contribution is 2.20. The van der Waals surface area contributed by atoms with Gasteiger partial charge in [-0.15, -0.1) is 0 Å². The third-order valence-corrected chi connectivity index (χ3v) is 6.94. The minimum absolute atomic E-state index is 0.0204. The van der Waals surface area contributed by atoms with Crippen molar-refractivity contribution < 1.29 is 31.1 Å². The number of sulfone groups is 1. The van der Waals surface area contributed by atoms with Gasteiger partial charge in [0.05, 0.1) is 28.8 Å². The molecule has 0 unspecified atom stereocenters. The van der Waals surface area contributed by atoms with Gasteiger partial charge in [0.15, 0.2) is 9.84 Å². The number of rotatable bonds is 7. The van der Waals surface area contributed by atoms with E-state index in [9.17, 15) is 21.6 Å². The molecule has 0 amide bonds. The first-order valence-corrected chi connectivity index (χ1v) is 9.93. The number of hydrogen-bond acceptors (Lipinski definition) is 7. The molecule has 0 bridgehead atoms. The Morgan fingerprint density at radius 1 is 1.04 bits per heavy atom. The first-order valence-electron chi connectivity index (χ1n) is 6.84. The van der Waals surface area contributed by atoms with Crippen LogP contribution in [0.25, 0.3) is 0 Å². The third-order valence-electron chi connectivity index (χ3n) is 3.33. The van der Waals surface area contributed by atoms with E-state index in [2.05, 4.69) is 4.74 Å². The molecule has 1 aromatic rings. The lowest BCUT2D eigenvalue weighted by Gasteiger charge is -2.26. The van der Waals surface area contributed by atoms with Crippen molar-refractivity contribution in [1.29, 1.82) is 0 Å². The summed E-state index contributed by atoms with van der Waals surface area (Å²) in [5.41, 5.74) is 0. The molecule has 1 saturated heterocycles. The number of morpholine rings is 1. The van der Waals surface area contributed by atoms with Gasteiger partial charge in [-0.05, 0) is 24.3 Å². The average Bonchev–Trinajstić information content (AvgIpc) is 2.56. The van der Waals surface area contributed by atoms with Crippen LogP contribution in [0.2, 0.25) is 0 Å². The van der Waals surface area contributed by atoms with Gasteiger partial charge in [-0.25, -0.2) is 16.8 Å². The standard InChI is InChI=1S/C13H17NO7S2/c15-11-21-9-10-22(16,17)12-1-3-13(4-2-12)23(18,19)14-5-7-20-8-6-14/h1-4,11H,5-10H2. The molecule has 8 nitrogen and oxygen atoms in total. The van der Waals surface area contributed by atoms with E-state index >= 15 is 0 Å². The second-order valence-electron chi connectivity index (χ2n) is 4.77. The van der Waals surface area contributed by atoms with E-state index in [0.717, 1.165) is 0 Å². The Labute approximate surface area is 135 Å². The van der Waals surface area contributed by atoms with Crippen LogP contribution >= 0.6 is 0 Å². The lowest BCUT2D eigenvalue weighted by atomic mass is 10.4. The van der Waals surface area contributed by atoms with E-state index < -0.39 is 19.9 Å². The van der Waals surface area contributed by atoms with Crippen LogP contribution in [-0.4, -0.2) is 66.3 Å². The van der Waals surface area contributed by atoms with Crippen LogP contribution in [0.15, 0.2) is 34.1 Å². The number of sulfonamides is 1. The van der Waals surface area contributed by atoms with Crippen molar-refractivity contribution in [2.75, 3.05) is 38.7 Å². The predicted octanol–water partition coefficient (Wildman–Crippen LogP) is -0.346. The molecule has 0 N–H and O–H groups in total. The minimum Gasteiger partial charge on any atom is -0.467 e. The van der Waals surface area contributed by atoms with Crippen molar-refractivity contribution in [2.45, 2.75) is 9.79 Å². The largest absolute Gasteiger partial charge is 0.467 e. The molecular weight excluding hydrogens is 346 g/mol. The maximum atomic E-state index is 12.4. The van der Waals surface area contributed by atoms with Gasteiger partial charge < -0.3 is 9.47 Å². The zero-order valence-corrected chi connectivity index (χ0v) is 13.9. The molecule has 0 aromatic heterocycles. The molecule has 1 heterocycles. The molecule has 1 aliphatic rings. The molecule has 2 rings (SSSR count). The van der Waals surface area contributed by atoms with Crippen LogP contribution in [0.4, 0.5) is 0 Å². The summed E-state index contributed by atoms with van der Waals surface area (Å²) in [6.45, 7) is 1.13. The van der Waals surface area contributed by atoms with Crippen molar-refractivity contribution in [1.82, 2.24) is 4.31 Å². The Kier molecular flexibility index (Phi) is 5.74. The Bertz CT molecular complexity index is 735. The molecule has 0 saturated carbocycles. The van der Waals surface area contributed by atoms with Gasteiger partial charge in [0.25, 0.3) is 6.47 Å². The Hall–Kier alpha value is -1.49. The summed E-state index contributed by atoms with van der Waals surface area (Å²) in [5.74, 6) is -0.360. The maximum absolute atomic E-state index is 12.4. The molecule has 10 heteroatoms. The van der Waals surface area contributed by atoms with Crippen molar-refractivity contribution >= 4 is 26.3 Å². The van der Waals surface area contributed by atoms with E-state index in [4.69, 9.17) is 4.74 Å². The number of carbonyl (C=O) groups is 1. The monoisotopic (exact) mass is 363 g/mol. The fraction of sp³-hybridized carbons (Fsp3) is 0.462. The van der Waals surface area contributed by atoms with Gasteiger partial charge in [0, 0.05) is 13.1 Å². The van der Waals surface area contributed by atoms with Crippen LogP contribution in [0.5, 0.6) is 0 Å². The lowest BCUT2D eigenvalue weighted by molar-refractivity contribution is -0.128. The number of ether oxygens (including phenoxy) is 2. The van der Waals surface area contributed by atoms with Gasteiger partial charge in [0.2, 0.25) is 10.0 Å². The quantitative estimate of drug-likeness (QED) is 0.481. The SMILES string of the molecule is O=COCCS(=O)(=O)c1ccc(S(=O)(=O)N2CCOCC2)cc1. The molecular formula is C13H17NO7S2. The number of hydrogen-bond donors (Lipinski definition) is 0. The van der Waals surface area contributed by atoms with Crippen molar-refractivity contribution in [3.63, 3.8) is 0 Å². The van der Waals surface area contributed by atoms with Crippen molar-refractivity contribution in [3.8, 4) is 0 Å². The van der Waals surface area contributed by atoms with Crippen molar-refractivity contribution in [2.24, 2.45) is 0 Å². The fourth-order valence-corrected chi connectivity index (χ4v) is 4.59. The number of benzene rings is 1. The third kappa shape index (κ3) is 4.28. The molecule has 0 radical (unpaired) electrons. The summed E-state index contributed by atoms with van der Waals surface area (Å²) in [6.07, 6.45) is 0. The van der Waals surface area contributed by atoms with Gasteiger partial charge in [-0.1, -0.05) is 0 Å². The topological polar surface area (TPSA) is 107 Å². The van der Waals surface area contributed by atoms with Gasteiger partial charge in [0.1, 0.15) is 6.61 Å². The number of nitrogens with zero attached hydrogens (tertiary/aromatic N) is 1. The second-order valence-corrected chi connectivity index (χ2v) is 8.82. The van der Waals surface area contributed by atoms with Crippen LogP contribution in [0, 0.1) is 0 Å². The van der Waals surface area contributed by atoms with Gasteiger partial charge in [-0.2, -0.15) is 4.31 Å². The normalized spacial score (nSPS) is 16.9.